The zero-order chi connectivity index (χ0) is 20.4. The molecule has 1 atom stereocenters. The minimum absolute atomic E-state index is 0.279. The van der Waals surface area contributed by atoms with E-state index in [2.05, 4.69) is 6.07 Å². The van der Waals surface area contributed by atoms with Crippen LogP contribution >= 0.6 is 0 Å². The van der Waals surface area contributed by atoms with Crippen molar-refractivity contribution in [1.82, 2.24) is 4.31 Å². The minimum atomic E-state index is -3.60. The van der Waals surface area contributed by atoms with E-state index in [1.807, 2.05) is 68.4 Å². The first-order valence-corrected chi connectivity index (χ1v) is 11.3. The van der Waals surface area contributed by atoms with Gasteiger partial charge in [-0.1, -0.05) is 59.7 Å². The molecule has 4 rings (SSSR count). The fourth-order valence-electron chi connectivity index (χ4n) is 3.66. The van der Waals surface area contributed by atoms with Crippen LogP contribution in [0.3, 0.4) is 0 Å². The summed E-state index contributed by atoms with van der Waals surface area (Å²) in [6.07, 6.45) is 0.297. The van der Waals surface area contributed by atoms with Crippen molar-refractivity contribution in [1.29, 1.82) is 0 Å². The molecule has 0 aliphatic carbocycles. The third-order valence-corrected chi connectivity index (χ3v) is 7.24. The molecule has 0 spiro atoms. The molecular weight excluding hydrogens is 382 g/mol. The fraction of sp³-hybridized carbons (Fsp3) is 0.250. The van der Waals surface area contributed by atoms with Gasteiger partial charge < -0.3 is 4.74 Å². The Morgan fingerprint density at radius 3 is 2.17 bits per heavy atom. The summed E-state index contributed by atoms with van der Waals surface area (Å²) in [6, 6.07) is 23.0. The number of rotatable bonds is 4. The Morgan fingerprint density at radius 1 is 0.862 bits per heavy atom. The molecule has 29 heavy (non-hydrogen) atoms. The molecule has 0 saturated heterocycles. The molecule has 0 N–H and O–H groups in total. The van der Waals surface area contributed by atoms with E-state index in [0.717, 1.165) is 28.0 Å². The predicted octanol–water partition coefficient (Wildman–Crippen LogP) is 4.67. The van der Waals surface area contributed by atoms with Crippen LogP contribution in [0.4, 0.5) is 0 Å². The second-order valence-corrected chi connectivity index (χ2v) is 9.48. The Labute approximate surface area is 172 Å². The van der Waals surface area contributed by atoms with Gasteiger partial charge in [-0.15, -0.1) is 0 Å². The van der Waals surface area contributed by atoms with Crippen molar-refractivity contribution >= 4 is 10.0 Å². The van der Waals surface area contributed by atoms with E-state index in [4.69, 9.17) is 4.74 Å². The Hall–Kier alpha value is -2.63. The van der Waals surface area contributed by atoms with Gasteiger partial charge in [0.1, 0.15) is 11.9 Å². The summed E-state index contributed by atoms with van der Waals surface area (Å²) < 4.78 is 34.5. The first kappa shape index (κ1) is 19.7. The molecule has 5 heteroatoms. The molecule has 3 aromatic rings. The van der Waals surface area contributed by atoms with Gasteiger partial charge in [0.05, 0.1) is 11.4 Å². The Morgan fingerprint density at radius 2 is 1.48 bits per heavy atom. The van der Waals surface area contributed by atoms with E-state index in [-0.39, 0.29) is 12.6 Å². The van der Waals surface area contributed by atoms with Crippen molar-refractivity contribution < 1.29 is 13.2 Å². The van der Waals surface area contributed by atoms with Crippen LogP contribution in [0.5, 0.6) is 5.75 Å². The summed E-state index contributed by atoms with van der Waals surface area (Å²) in [5.41, 5.74) is 4.37. The highest BCUT2D eigenvalue weighted by atomic mass is 32.2. The summed E-state index contributed by atoms with van der Waals surface area (Å²) in [7, 11) is -3.60. The summed E-state index contributed by atoms with van der Waals surface area (Å²) in [5.74, 6) is 0.741. The molecule has 4 nitrogen and oxygen atoms in total. The van der Waals surface area contributed by atoms with Gasteiger partial charge >= 0.3 is 0 Å². The summed E-state index contributed by atoms with van der Waals surface area (Å²) >= 11 is 0. The van der Waals surface area contributed by atoms with Crippen LogP contribution in [0, 0.1) is 13.8 Å². The van der Waals surface area contributed by atoms with Crippen LogP contribution in [0.25, 0.3) is 0 Å². The van der Waals surface area contributed by atoms with Crippen LogP contribution < -0.4 is 4.74 Å². The monoisotopic (exact) mass is 407 g/mol. The molecule has 1 aliphatic rings. The smallest absolute Gasteiger partial charge is 0.243 e. The number of aryl methyl sites for hydroxylation is 2. The maximum absolute atomic E-state index is 13.3. The van der Waals surface area contributed by atoms with Crippen molar-refractivity contribution in [3.8, 4) is 5.75 Å². The second-order valence-electron chi connectivity index (χ2n) is 7.54. The van der Waals surface area contributed by atoms with Crippen molar-refractivity contribution in [2.45, 2.75) is 31.3 Å². The van der Waals surface area contributed by atoms with Crippen LogP contribution in [0.15, 0.2) is 77.7 Å². The van der Waals surface area contributed by atoms with Gasteiger partial charge in [0.15, 0.2) is 0 Å². The first-order chi connectivity index (χ1) is 13.9. The fourth-order valence-corrected chi connectivity index (χ4v) is 5.10. The van der Waals surface area contributed by atoms with Crippen LogP contribution in [0.2, 0.25) is 0 Å². The summed E-state index contributed by atoms with van der Waals surface area (Å²) in [5, 5.41) is 0. The van der Waals surface area contributed by atoms with Crippen molar-refractivity contribution in [2.24, 2.45) is 0 Å². The van der Waals surface area contributed by atoms with Gasteiger partial charge in [0.2, 0.25) is 10.0 Å². The number of ether oxygens (including phenoxy) is 1. The number of nitrogens with zero attached hydrogens (tertiary/aromatic N) is 1. The molecule has 0 fully saturated rings. The highest BCUT2D eigenvalue weighted by Crippen LogP contribution is 2.31. The molecule has 0 radical (unpaired) electrons. The molecule has 0 saturated carbocycles. The predicted molar refractivity (Wildman–Crippen MR) is 115 cm³/mol. The average molecular weight is 408 g/mol. The standard InChI is InChI=1S/C24H25NO3S/c1-18-7-11-21(12-8-18)28-24-17-25(16-15-20-5-3-4-6-23(20)24)29(26,27)22-13-9-19(2)10-14-22/h3-14,24H,15-17H2,1-2H3. The highest BCUT2D eigenvalue weighted by Gasteiger charge is 2.32. The number of benzene rings is 3. The molecule has 0 aromatic heterocycles. The van der Waals surface area contributed by atoms with Gasteiger partial charge in [-0.05, 0) is 55.7 Å². The molecule has 1 unspecified atom stereocenters. The van der Waals surface area contributed by atoms with Crippen molar-refractivity contribution in [3.63, 3.8) is 0 Å². The highest BCUT2D eigenvalue weighted by molar-refractivity contribution is 7.89. The number of sulfonamides is 1. The lowest BCUT2D eigenvalue weighted by atomic mass is 10.0. The zero-order valence-electron chi connectivity index (χ0n) is 16.7. The average Bonchev–Trinajstić information content (AvgIpc) is 2.90. The summed E-state index contributed by atoms with van der Waals surface area (Å²) in [6.45, 7) is 4.69. The molecule has 3 aromatic carbocycles. The number of hydrogen-bond acceptors (Lipinski definition) is 3. The van der Waals surface area contributed by atoms with Gasteiger partial charge in [0, 0.05) is 6.54 Å². The third kappa shape index (κ3) is 4.21. The largest absolute Gasteiger partial charge is 0.484 e. The maximum Gasteiger partial charge on any atom is 0.243 e. The zero-order valence-corrected chi connectivity index (χ0v) is 17.5. The Balaban J connectivity index is 1.68. The lowest BCUT2D eigenvalue weighted by molar-refractivity contribution is 0.178. The SMILES string of the molecule is Cc1ccc(OC2CN(S(=O)(=O)c3ccc(C)cc3)CCc3ccccc32)cc1. The van der Waals surface area contributed by atoms with E-state index in [0.29, 0.717) is 17.9 Å². The molecule has 1 heterocycles. The van der Waals surface area contributed by atoms with E-state index in [9.17, 15) is 8.42 Å². The van der Waals surface area contributed by atoms with E-state index < -0.39 is 10.0 Å². The van der Waals surface area contributed by atoms with Gasteiger partial charge in [-0.2, -0.15) is 4.31 Å². The molecule has 0 amide bonds. The van der Waals surface area contributed by atoms with E-state index >= 15 is 0 Å². The van der Waals surface area contributed by atoms with Gasteiger partial charge in [-0.25, -0.2) is 8.42 Å². The summed E-state index contributed by atoms with van der Waals surface area (Å²) in [4.78, 5) is 0.322. The number of fused-ring (bicyclic) bond motifs is 1. The topological polar surface area (TPSA) is 46.6 Å². The van der Waals surface area contributed by atoms with Crippen molar-refractivity contribution in [3.05, 3.63) is 95.1 Å². The molecule has 1 aliphatic heterocycles. The van der Waals surface area contributed by atoms with Crippen molar-refractivity contribution in [2.75, 3.05) is 13.1 Å². The molecular formula is C24H25NO3S. The van der Waals surface area contributed by atoms with Gasteiger partial charge in [-0.3, -0.25) is 0 Å². The Bertz CT molecular complexity index is 1090. The Kier molecular flexibility index (Phi) is 5.43. The normalized spacial score (nSPS) is 17.4. The second kappa shape index (κ2) is 8.01. The molecule has 150 valence electrons. The minimum Gasteiger partial charge on any atom is -0.484 e. The first-order valence-electron chi connectivity index (χ1n) is 9.81. The van der Waals surface area contributed by atoms with Crippen LogP contribution in [0.1, 0.15) is 28.4 Å². The lowest BCUT2D eigenvalue weighted by Gasteiger charge is -2.25. The maximum atomic E-state index is 13.3. The van der Waals surface area contributed by atoms with E-state index in [1.165, 1.54) is 0 Å². The molecule has 0 bridgehead atoms. The van der Waals surface area contributed by atoms with Crippen LogP contribution in [-0.2, 0) is 16.4 Å². The van der Waals surface area contributed by atoms with Gasteiger partial charge in [0.25, 0.3) is 0 Å². The lowest BCUT2D eigenvalue weighted by Crippen LogP contribution is -2.36. The third-order valence-electron chi connectivity index (χ3n) is 5.36. The van der Waals surface area contributed by atoms with Crippen LogP contribution in [-0.4, -0.2) is 25.8 Å². The quantitative estimate of drug-likeness (QED) is 0.631. The number of hydrogen-bond donors (Lipinski definition) is 0. The van der Waals surface area contributed by atoms with E-state index in [1.54, 1.807) is 16.4 Å².